The van der Waals surface area contributed by atoms with Gasteiger partial charge in [0, 0.05) is 11.1 Å². The first-order valence-corrected chi connectivity index (χ1v) is 10.1. The Morgan fingerprint density at radius 2 is 2.03 bits per heavy atom. The Morgan fingerprint density at radius 1 is 1.20 bits per heavy atom. The number of hydrogen-bond donors (Lipinski definition) is 0. The van der Waals surface area contributed by atoms with Gasteiger partial charge in [0.15, 0.2) is 11.5 Å². The highest BCUT2D eigenvalue weighted by Gasteiger charge is 2.28. The van der Waals surface area contributed by atoms with Crippen molar-refractivity contribution in [2.75, 3.05) is 13.7 Å². The van der Waals surface area contributed by atoms with E-state index in [9.17, 15) is 8.78 Å². The van der Waals surface area contributed by atoms with Crippen molar-refractivity contribution < 1.29 is 23.0 Å². The van der Waals surface area contributed by atoms with Gasteiger partial charge in [-0.05, 0) is 37.6 Å². The minimum Gasteiger partial charge on any atom is -0.484 e. The molecule has 0 spiro atoms. The van der Waals surface area contributed by atoms with Crippen molar-refractivity contribution in [3.8, 4) is 28.0 Å². The monoisotopic (exact) mass is 429 g/mol. The summed E-state index contributed by atoms with van der Waals surface area (Å²) in [5.74, 6) is 1.18. The van der Waals surface area contributed by atoms with Crippen LogP contribution in [-0.4, -0.2) is 34.8 Å². The number of ether oxygens (including phenoxy) is 3. The molecule has 1 aliphatic rings. The largest absolute Gasteiger partial charge is 0.484 e. The summed E-state index contributed by atoms with van der Waals surface area (Å²) in [4.78, 5) is 13.5. The van der Waals surface area contributed by atoms with E-state index in [4.69, 9.17) is 14.2 Å². The fraction of sp³-hybridized carbons (Fsp3) is 0.286. The number of halogens is 2. The van der Waals surface area contributed by atoms with Crippen molar-refractivity contribution in [3.05, 3.63) is 35.5 Å². The van der Waals surface area contributed by atoms with Crippen LogP contribution in [0.3, 0.4) is 0 Å². The molecule has 0 saturated heterocycles. The molecular formula is C21H17F2N3O3S. The summed E-state index contributed by atoms with van der Waals surface area (Å²) in [5, 5.41) is 0.565. The number of thiazole rings is 1. The van der Waals surface area contributed by atoms with Gasteiger partial charge in [-0.3, -0.25) is 0 Å². The smallest absolute Gasteiger partial charge is 0.266 e. The van der Waals surface area contributed by atoms with Gasteiger partial charge in [0.2, 0.25) is 5.88 Å². The average molecular weight is 429 g/mol. The average Bonchev–Trinajstić information content (AvgIpc) is 3.16. The first kappa shape index (κ1) is 18.9. The molecule has 1 atom stereocenters. The lowest BCUT2D eigenvalue weighted by Crippen LogP contribution is -2.25. The molecule has 0 unspecified atom stereocenters. The lowest BCUT2D eigenvalue weighted by atomic mass is 10.1. The predicted octanol–water partition coefficient (Wildman–Crippen LogP) is 5.32. The van der Waals surface area contributed by atoms with E-state index in [2.05, 4.69) is 15.0 Å². The van der Waals surface area contributed by atoms with E-state index in [0.29, 0.717) is 44.7 Å². The molecule has 5 rings (SSSR count). The van der Waals surface area contributed by atoms with Crippen LogP contribution in [0.15, 0.2) is 24.4 Å². The number of rotatable bonds is 3. The van der Waals surface area contributed by atoms with Crippen LogP contribution in [0.5, 0.6) is 17.4 Å². The molecule has 154 valence electrons. The third-order valence-electron chi connectivity index (χ3n) is 4.85. The molecule has 9 heteroatoms. The van der Waals surface area contributed by atoms with E-state index in [-0.39, 0.29) is 17.2 Å². The molecule has 1 aliphatic heterocycles. The van der Waals surface area contributed by atoms with Gasteiger partial charge in [0.05, 0.1) is 29.9 Å². The Morgan fingerprint density at radius 3 is 2.80 bits per heavy atom. The normalized spacial score (nSPS) is 15.9. The highest BCUT2D eigenvalue weighted by molar-refractivity contribution is 7.22. The van der Waals surface area contributed by atoms with Crippen molar-refractivity contribution in [2.24, 2.45) is 0 Å². The lowest BCUT2D eigenvalue weighted by molar-refractivity contribution is 0.104. The van der Waals surface area contributed by atoms with Gasteiger partial charge in [0.25, 0.3) is 6.43 Å². The van der Waals surface area contributed by atoms with Crippen molar-refractivity contribution >= 4 is 32.6 Å². The number of nitrogens with zero attached hydrogens (tertiary/aromatic N) is 3. The van der Waals surface area contributed by atoms with Crippen molar-refractivity contribution in [2.45, 2.75) is 26.4 Å². The molecule has 0 amide bonds. The fourth-order valence-corrected chi connectivity index (χ4v) is 4.63. The second-order valence-electron chi connectivity index (χ2n) is 7.12. The number of fused-ring (bicyclic) bond motifs is 4. The number of hydrogen-bond acceptors (Lipinski definition) is 7. The van der Waals surface area contributed by atoms with Crippen LogP contribution in [0.25, 0.3) is 31.8 Å². The second kappa shape index (κ2) is 7.02. The number of alkyl halides is 2. The Hall–Kier alpha value is -3.07. The molecule has 2 aromatic heterocycles. The minimum atomic E-state index is -2.69. The lowest BCUT2D eigenvalue weighted by Gasteiger charge is -2.24. The first-order valence-electron chi connectivity index (χ1n) is 9.31. The van der Waals surface area contributed by atoms with Crippen LogP contribution in [0.1, 0.15) is 24.5 Å². The van der Waals surface area contributed by atoms with E-state index in [0.717, 1.165) is 11.1 Å². The molecule has 0 aliphatic carbocycles. The van der Waals surface area contributed by atoms with Gasteiger partial charge in [-0.15, -0.1) is 11.3 Å². The van der Waals surface area contributed by atoms with Gasteiger partial charge >= 0.3 is 0 Å². The molecule has 0 saturated carbocycles. The Bertz CT molecular complexity index is 1290. The van der Waals surface area contributed by atoms with Gasteiger partial charge in [-0.1, -0.05) is 0 Å². The predicted molar refractivity (Wildman–Crippen MR) is 110 cm³/mol. The summed E-state index contributed by atoms with van der Waals surface area (Å²) in [7, 11) is 1.53. The first-order chi connectivity index (χ1) is 14.4. The molecule has 3 heterocycles. The maximum Gasteiger partial charge on any atom is 0.266 e. The maximum absolute atomic E-state index is 13.8. The molecular weight excluding hydrogens is 412 g/mol. The topological polar surface area (TPSA) is 66.4 Å². The highest BCUT2D eigenvalue weighted by Crippen LogP contribution is 2.47. The van der Waals surface area contributed by atoms with Crippen molar-refractivity contribution in [1.29, 1.82) is 0 Å². The zero-order valence-electron chi connectivity index (χ0n) is 16.4. The zero-order valence-corrected chi connectivity index (χ0v) is 17.2. The van der Waals surface area contributed by atoms with Gasteiger partial charge in [0.1, 0.15) is 22.4 Å². The van der Waals surface area contributed by atoms with Crippen molar-refractivity contribution in [3.63, 3.8) is 0 Å². The second-order valence-corrected chi connectivity index (χ2v) is 8.12. The fourth-order valence-electron chi connectivity index (χ4n) is 3.52. The Labute approximate surface area is 174 Å². The van der Waals surface area contributed by atoms with Crippen molar-refractivity contribution in [1.82, 2.24) is 15.0 Å². The molecule has 0 bridgehead atoms. The van der Waals surface area contributed by atoms with Crippen LogP contribution in [-0.2, 0) is 0 Å². The third-order valence-corrected chi connectivity index (χ3v) is 5.94. The molecule has 0 radical (unpaired) electrons. The molecule has 4 aromatic rings. The van der Waals surface area contributed by atoms with E-state index < -0.39 is 6.43 Å². The number of methoxy groups -OCH3 is 1. The summed E-state index contributed by atoms with van der Waals surface area (Å²) in [6, 6.07) is 5.15. The number of benzene rings is 2. The minimum absolute atomic E-state index is 0.173. The summed E-state index contributed by atoms with van der Waals surface area (Å²) < 4.78 is 44.9. The summed E-state index contributed by atoms with van der Waals surface area (Å²) >= 11 is 1.28. The molecule has 0 fully saturated rings. The van der Waals surface area contributed by atoms with Crippen LogP contribution >= 0.6 is 11.3 Å². The van der Waals surface area contributed by atoms with Crippen LogP contribution < -0.4 is 14.2 Å². The number of aryl methyl sites for hydroxylation is 1. The summed E-state index contributed by atoms with van der Waals surface area (Å²) in [6.45, 7) is 4.11. The molecule has 0 N–H and O–H groups in total. The van der Waals surface area contributed by atoms with E-state index in [1.54, 1.807) is 0 Å². The van der Waals surface area contributed by atoms with E-state index in [1.165, 1.54) is 30.7 Å². The van der Waals surface area contributed by atoms with E-state index in [1.807, 2.05) is 26.0 Å². The standard InChI is InChI=1S/C21H17F2N3O3S/c1-9-4-12(16-13(5-9)25-15(27-3)7-24-16)21-26-17-11(20(22)23)6-14-18(19(17)30-21)28-8-10(2)29-14/h4-7,10,20H,8H2,1-3H3/t10-/m1/s1. The van der Waals surface area contributed by atoms with Crippen LogP contribution in [0.4, 0.5) is 8.78 Å². The quantitative estimate of drug-likeness (QED) is 0.439. The maximum atomic E-state index is 13.8. The SMILES string of the molecule is COc1cnc2c(-c3nc4c(C(F)F)cc5c(c4s3)OC[C@@H](C)O5)cc(C)cc2n1. The zero-order chi connectivity index (χ0) is 21.0. The number of aromatic nitrogens is 3. The summed E-state index contributed by atoms with van der Waals surface area (Å²) in [6.07, 6.45) is -1.37. The highest BCUT2D eigenvalue weighted by atomic mass is 32.1. The van der Waals surface area contributed by atoms with E-state index >= 15 is 0 Å². The van der Waals surface area contributed by atoms with Gasteiger partial charge < -0.3 is 14.2 Å². The Balaban J connectivity index is 1.78. The van der Waals surface area contributed by atoms with Gasteiger partial charge in [-0.25, -0.2) is 23.7 Å². The summed E-state index contributed by atoms with van der Waals surface area (Å²) in [5.41, 5.74) is 2.99. The van der Waals surface area contributed by atoms with Crippen LogP contribution in [0, 0.1) is 6.92 Å². The third kappa shape index (κ3) is 3.00. The molecule has 2 aromatic carbocycles. The molecule has 6 nitrogen and oxygen atoms in total. The van der Waals surface area contributed by atoms with Gasteiger partial charge in [-0.2, -0.15) is 0 Å². The Kier molecular flexibility index (Phi) is 4.43. The van der Waals surface area contributed by atoms with Crippen LogP contribution in [0.2, 0.25) is 0 Å². The molecule has 30 heavy (non-hydrogen) atoms.